The lowest BCUT2D eigenvalue weighted by Gasteiger charge is -2.25. The van der Waals surface area contributed by atoms with E-state index in [9.17, 15) is 0 Å². The maximum Gasteiger partial charge on any atom is 0.0223 e. The Bertz CT molecular complexity index is 102. The molecule has 1 N–H and O–H groups in total. The van der Waals surface area contributed by atoms with Crippen LogP contribution < -0.4 is 5.32 Å². The van der Waals surface area contributed by atoms with Gasteiger partial charge in [-0.1, -0.05) is 12.8 Å². The van der Waals surface area contributed by atoms with E-state index < -0.39 is 0 Å². The Labute approximate surface area is 80.9 Å². The van der Waals surface area contributed by atoms with Crippen LogP contribution in [-0.2, 0) is 0 Å². The van der Waals surface area contributed by atoms with E-state index in [2.05, 4.69) is 5.32 Å². The quantitative estimate of drug-likeness (QED) is 0.480. The molecule has 1 aliphatic rings. The molecule has 0 spiro atoms. The molecule has 1 saturated carbocycles. The molecule has 0 unspecified atom stereocenters. The molecule has 0 heterocycles. The van der Waals surface area contributed by atoms with E-state index in [1.165, 1.54) is 51.6 Å². The number of halogens is 1. The number of hydrogen-bond donors (Lipinski definition) is 1. The van der Waals surface area contributed by atoms with Crippen molar-refractivity contribution in [2.24, 2.45) is 5.92 Å². The molecule has 0 saturated heterocycles. The van der Waals surface area contributed by atoms with E-state index in [-0.39, 0.29) is 0 Å². The van der Waals surface area contributed by atoms with Gasteiger partial charge in [-0.3, -0.25) is 0 Å². The molecule has 0 aromatic heterocycles. The second kappa shape index (κ2) is 6.73. The zero-order valence-corrected chi connectivity index (χ0v) is 8.58. The molecular weight excluding hydrogens is 170 g/mol. The van der Waals surface area contributed by atoms with Crippen molar-refractivity contribution in [1.82, 2.24) is 5.32 Å². The molecule has 1 nitrogen and oxygen atoms in total. The molecule has 0 aromatic carbocycles. The molecule has 0 atom stereocenters. The highest BCUT2D eigenvalue weighted by Crippen LogP contribution is 2.24. The predicted octanol–water partition coefficient (Wildman–Crippen LogP) is 2.79. The lowest BCUT2D eigenvalue weighted by molar-refractivity contribution is 0.301. The van der Waals surface area contributed by atoms with Crippen LogP contribution in [0, 0.1) is 5.92 Å². The van der Waals surface area contributed by atoms with E-state index in [4.69, 9.17) is 11.6 Å². The van der Waals surface area contributed by atoms with Gasteiger partial charge in [0, 0.05) is 5.88 Å². The van der Waals surface area contributed by atoms with Gasteiger partial charge in [0.1, 0.15) is 0 Å². The summed E-state index contributed by atoms with van der Waals surface area (Å²) in [5.41, 5.74) is 0. The fourth-order valence-corrected chi connectivity index (χ4v) is 1.71. The fraction of sp³-hybridized carbons (Fsp3) is 1.00. The van der Waals surface area contributed by atoms with Gasteiger partial charge in [-0.05, 0) is 44.7 Å². The first-order chi connectivity index (χ1) is 5.93. The van der Waals surface area contributed by atoms with Crippen LogP contribution >= 0.6 is 11.6 Å². The monoisotopic (exact) mass is 189 g/mol. The summed E-state index contributed by atoms with van der Waals surface area (Å²) in [5.74, 6) is 1.82. The zero-order chi connectivity index (χ0) is 8.65. The normalized spacial score (nSPS) is 17.8. The average molecular weight is 190 g/mol. The predicted molar refractivity (Wildman–Crippen MR) is 54.8 cm³/mol. The van der Waals surface area contributed by atoms with Crippen LogP contribution in [0.4, 0.5) is 0 Å². The first-order valence-electron chi connectivity index (χ1n) is 5.20. The Morgan fingerprint density at radius 1 is 1.17 bits per heavy atom. The van der Waals surface area contributed by atoms with E-state index >= 15 is 0 Å². The second-order valence-corrected chi connectivity index (χ2v) is 4.13. The lowest BCUT2D eigenvalue weighted by atomic mass is 9.85. The molecule has 72 valence electrons. The Morgan fingerprint density at radius 3 is 2.58 bits per heavy atom. The van der Waals surface area contributed by atoms with Crippen molar-refractivity contribution < 1.29 is 0 Å². The molecule has 1 aliphatic carbocycles. The first kappa shape index (κ1) is 10.3. The molecule has 0 radical (unpaired) electrons. The van der Waals surface area contributed by atoms with Gasteiger partial charge in [-0.25, -0.2) is 0 Å². The smallest absolute Gasteiger partial charge is 0.0223 e. The van der Waals surface area contributed by atoms with Crippen molar-refractivity contribution in [3.05, 3.63) is 0 Å². The van der Waals surface area contributed by atoms with Gasteiger partial charge in [-0.15, -0.1) is 11.6 Å². The third-order valence-electron chi connectivity index (χ3n) is 2.64. The van der Waals surface area contributed by atoms with Crippen molar-refractivity contribution in [2.45, 2.75) is 38.5 Å². The van der Waals surface area contributed by atoms with Gasteiger partial charge in [0.25, 0.3) is 0 Å². The van der Waals surface area contributed by atoms with Gasteiger partial charge < -0.3 is 5.32 Å². The molecule has 0 aromatic rings. The molecular formula is C10H20ClN. The fourth-order valence-electron chi connectivity index (χ4n) is 1.52. The SMILES string of the molecule is ClCCCCCNCC1CCC1. The summed E-state index contributed by atoms with van der Waals surface area (Å²) in [6, 6.07) is 0. The highest BCUT2D eigenvalue weighted by atomic mass is 35.5. The third kappa shape index (κ3) is 4.32. The summed E-state index contributed by atoms with van der Waals surface area (Å²) < 4.78 is 0. The van der Waals surface area contributed by atoms with Crippen LogP contribution in [0.5, 0.6) is 0 Å². The Balaban J connectivity index is 1.70. The van der Waals surface area contributed by atoms with Crippen LogP contribution in [0.1, 0.15) is 38.5 Å². The van der Waals surface area contributed by atoms with Crippen LogP contribution in [0.3, 0.4) is 0 Å². The molecule has 0 amide bonds. The number of rotatable bonds is 7. The standard InChI is InChI=1S/C10H20ClN/c11-7-2-1-3-8-12-9-10-5-4-6-10/h10,12H,1-9H2. The molecule has 2 heteroatoms. The number of alkyl halides is 1. The topological polar surface area (TPSA) is 12.0 Å². The zero-order valence-electron chi connectivity index (χ0n) is 7.82. The largest absolute Gasteiger partial charge is 0.316 e. The molecule has 1 rings (SSSR count). The maximum atomic E-state index is 5.58. The molecule has 0 aliphatic heterocycles. The van der Waals surface area contributed by atoms with E-state index in [1.54, 1.807) is 0 Å². The average Bonchev–Trinajstić information content (AvgIpc) is 2.00. The van der Waals surface area contributed by atoms with Gasteiger partial charge in [-0.2, -0.15) is 0 Å². The Morgan fingerprint density at radius 2 is 2.00 bits per heavy atom. The minimum absolute atomic E-state index is 0.822. The summed E-state index contributed by atoms with van der Waals surface area (Å²) >= 11 is 5.58. The van der Waals surface area contributed by atoms with Gasteiger partial charge in [0.05, 0.1) is 0 Å². The van der Waals surface area contributed by atoms with Crippen molar-refractivity contribution in [3.63, 3.8) is 0 Å². The van der Waals surface area contributed by atoms with Crippen molar-refractivity contribution >= 4 is 11.6 Å². The third-order valence-corrected chi connectivity index (χ3v) is 2.91. The first-order valence-corrected chi connectivity index (χ1v) is 5.73. The summed E-state index contributed by atoms with van der Waals surface area (Å²) in [6.45, 7) is 2.44. The maximum absolute atomic E-state index is 5.58. The second-order valence-electron chi connectivity index (χ2n) is 3.75. The molecule has 12 heavy (non-hydrogen) atoms. The van der Waals surface area contributed by atoms with E-state index in [1.807, 2.05) is 0 Å². The molecule has 0 bridgehead atoms. The van der Waals surface area contributed by atoms with E-state index in [0.29, 0.717) is 0 Å². The van der Waals surface area contributed by atoms with Crippen LogP contribution in [0.15, 0.2) is 0 Å². The molecule has 1 fully saturated rings. The van der Waals surface area contributed by atoms with Crippen molar-refractivity contribution in [2.75, 3.05) is 19.0 Å². The summed E-state index contributed by atoms with van der Waals surface area (Å²) in [4.78, 5) is 0. The summed E-state index contributed by atoms with van der Waals surface area (Å²) in [5, 5.41) is 3.50. The van der Waals surface area contributed by atoms with Crippen LogP contribution in [0.2, 0.25) is 0 Å². The van der Waals surface area contributed by atoms with Crippen LogP contribution in [-0.4, -0.2) is 19.0 Å². The van der Waals surface area contributed by atoms with Crippen molar-refractivity contribution in [3.8, 4) is 0 Å². The Hall–Kier alpha value is 0.250. The number of nitrogens with one attached hydrogen (secondary N) is 1. The van der Waals surface area contributed by atoms with Gasteiger partial charge in [0.2, 0.25) is 0 Å². The number of unbranched alkanes of at least 4 members (excludes halogenated alkanes) is 2. The van der Waals surface area contributed by atoms with Gasteiger partial charge in [0.15, 0.2) is 0 Å². The lowest BCUT2D eigenvalue weighted by Crippen LogP contribution is -2.27. The Kier molecular flexibility index (Phi) is 5.80. The van der Waals surface area contributed by atoms with E-state index in [0.717, 1.165) is 11.8 Å². The highest BCUT2D eigenvalue weighted by molar-refractivity contribution is 6.17. The van der Waals surface area contributed by atoms with Crippen molar-refractivity contribution in [1.29, 1.82) is 0 Å². The van der Waals surface area contributed by atoms with Gasteiger partial charge >= 0.3 is 0 Å². The minimum Gasteiger partial charge on any atom is -0.316 e. The summed E-state index contributed by atoms with van der Waals surface area (Å²) in [6.07, 6.45) is 8.11. The highest BCUT2D eigenvalue weighted by Gasteiger charge is 2.15. The minimum atomic E-state index is 0.822. The number of hydrogen-bond acceptors (Lipinski definition) is 1. The summed E-state index contributed by atoms with van der Waals surface area (Å²) in [7, 11) is 0. The van der Waals surface area contributed by atoms with Crippen LogP contribution in [0.25, 0.3) is 0 Å².